The Morgan fingerprint density at radius 3 is 2.76 bits per heavy atom. The lowest BCUT2D eigenvalue weighted by molar-refractivity contribution is -0.151. The molecule has 0 spiro atoms. The summed E-state index contributed by atoms with van der Waals surface area (Å²) in [4.78, 5) is 24.0. The summed E-state index contributed by atoms with van der Waals surface area (Å²) in [5.41, 5.74) is 0.311. The van der Waals surface area contributed by atoms with Crippen LogP contribution in [0.25, 0.3) is 0 Å². The molecule has 2 unspecified atom stereocenters. The first-order chi connectivity index (χ1) is 9.86. The highest BCUT2D eigenvalue weighted by Gasteiger charge is 2.43. The molecular formula is C16H20ClNO3. The number of aliphatic carboxylic acids is 1. The predicted octanol–water partition coefficient (Wildman–Crippen LogP) is 3.41. The Morgan fingerprint density at radius 2 is 2.10 bits per heavy atom. The number of benzene rings is 1. The van der Waals surface area contributed by atoms with Gasteiger partial charge in [0.05, 0.1) is 5.41 Å². The van der Waals surface area contributed by atoms with Crippen molar-refractivity contribution in [2.45, 2.75) is 45.6 Å². The fourth-order valence-electron chi connectivity index (χ4n) is 2.91. The van der Waals surface area contributed by atoms with E-state index in [0.717, 1.165) is 12.8 Å². The van der Waals surface area contributed by atoms with Crippen LogP contribution in [-0.4, -0.2) is 23.0 Å². The van der Waals surface area contributed by atoms with Gasteiger partial charge in [-0.15, -0.1) is 0 Å². The van der Waals surface area contributed by atoms with E-state index >= 15 is 0 Å². The molecule has 1 saturated carbocycles. The maximum absolute atomic E-state index is 12.4. The summed E-state index contributed by atoms with van der Waals surface area (Å²) in [6, 6.07) is 4.81. The quantitative estimate of drug-likeness (QED) is 0.899. The van der Waals surface area contributed by atoms with Crippen molar-refractivity contribution in [2.24, 2.45) is 5.41 Å². The van der Waals surface area contributed by atoms with Gasteiger partial charge in [-0.3, -0.25) is 9.59 Å². The molecule has 1 aromatic carbocycles. The summed E-state index contributed by atoms with van der Waals surface area (Å²) in [5, 5.41) is 12.9. The fraction of sp³-hybridized carbons (Fsp3) is 0.500. The lowest BCUT2D eigenvalue weighted by Gasteiger charge is -2.38. The molecule has 5 heteroatoms. The van der Waals surface area contributed by atoms with Crippen LogP contribution in [0.15, 0.2) is 18.2 Å². The maximum atomic E-state index is 12.4. The molecule has 0 bridgehead atoms. The third-order valence-electron chi connectivity index (χ3n) is 4.51. The first-order valence-electron chi connectivity index (χ1n) is 7.15. The second-order valence-electron chi connectivity index (χ2n) is 5.91. The van der Waals surface area contributed by atoms with Gasteiger partial charge in [0.2, 0.25) is 0 Å². The Bertz CT molecular complexity index is 573. The summed E-state index contributed by atoms with van der Waals surface area (Å²) < 4.78 is 0. The molecule has 0 heterocycles. The van der Waals surface area contributed by atoms with Crippen molar-refractivity contribution < 1.29 is 14.7 Å². The van der Waals surface area contributed by atoms with Crippen LogP contribution >= 0.6 is 11.6 Å². The molecule has 1 fully saturated rings. The van der Waals surface area contributed by atoms with Crippen LogP contribution < -0.4 is 5.32 Å². The zero-order chi connectivity index (χ0) is 15.6. The second-order valence-corrected chi connectivity index (χ2v) is 6.31. The Balaban J connectivity index is 2.21. The number of carbonyl (C=O) groups is 2. The highest BCUT2D eigenvalue weighted by atomic mass is 35.5. The van der Waals surface area contributed by atoms with Gasteiger partial charge in [0.15, 0.2) is 0 Å². The van der Waals surface area contributed by atoms with E-state index in [9.17, 15) is 14.7 Å². The number of hydrogen-bond acceptors (Lipinski definition) is 2. The van der Waals surface area contributed by atoms with Crippen molar-refractivity contribution in [3.05, 3.63) is 34.3 Å². The minimum Gasteiger partial charge on any atom is -0.481 e. The monoisotopic (exact) mass is 309 g/mol. The normalized spacial score (nSPS) is 25.4. The number of hydrogen-bond donors (Lipinski definition) is 2. The summed E-state index contributed by atoms with van der Waals surface area (Å²) >= 11 is 6.03. The molecule has 1 amide bonds. The lowest BCUT2D eigenvalue weighted by Crippen LogP contribution is -2.52. The van der Waals surface area contributed by atoms with Crippen molar-refractivity contribution in [3.8, 4) is 0 Å². The largest absolute Gasteiger partial charge is 0.481 e. The number of carbonyl (C=O) groups excluding carboxylic acids is 1. The third-order valence-corrected chi connectivity index (χ3v) is 4.92. The van der Waals surface area contributed by atoms with Gasteiger partial charge < -0.3 is 10.4 Å². The molecule has 114 valence electrons. The average molecular weight is 310 g/mol. The van der Waals surface area contributed by atoms with Gasteiger partial charge in [-0.05, 0) is 44.4 Å². The van der Waals surface area contributed by atoms with Crippen LogP contribution in [0.2, 0.25) is 5.02 Å². The summed E-state index contributed by atoms with van der Waals surface area (Å²) in [5.74, 6) is -1.11. The van der Waals surface area contributed by atoms with Gasteiger partial charge in [0, 0.05) is 16.6 Å². The molecule has 0 aromatic heterocycles. The smallest absolute Gasteiger partial charge is 0.311 e. The molecular weight excluding hydrogens is 290 g/mol. The molecule has 2 rings (SSSR count). The Kier molecular flexibility index (Phi) is 4.57. The van der Waals surface area contributed by atoms with Crippen LogP contribution in [0.5, 0.6) is 0 Å². The van der Waals surface area contributed by atoms with Crippen molar-refractivity contribution in [2.75, 3.05) is 0 Å². The standard InChI is InChI=1S/C16H20ClNO3/c1-10-11(6-5-7-12(10)17)14(19)18-13-8-3-4-9-16(13,2)15(20)21/h5-7,13H,3-4,8-9H2,1-2H3,(H,18,19)(H,20,21). The molecule has 2 N–H and O–H groups in total. The maximum Gasteiger partial charge on any atom is 0.311 e. The van der Waals surface area contributed by atoms with Gasteiger partial charge >= 0.3 is 5.97 Å². The van der Waals surface area contributed by atoms with E-state index in [2.05, 4.69) is 5.32 Å². The Morgan fingerprint density at radius 1 is 1.38 bits per heavy atom. The first kappa shape index (κ1) is 15.8. The Hall–Kier alpha value is -1.55. The molecule has 0 saturated heterocycles. The number of nitrogens with one attached hydrogen (secondary N) is 1. The summed E-state index contributed by atoms with van der Waals surface area (Å²) in [6.45, 7) is 3.50. The van der Waals surface area contributed by atoms with Gasteiger partial charge in [0.1, 0.15) is 0 Å². The second kappa shape index (κ2) is 6.06. The van der Waals surface area contributed by atoms with Crippen molar-refractivity contribution >= 4 is 23.5 Å². The average Bonchev–Trinajstić information content (AvgIpc) is 2.44. The minimum absolute atomic E-state index is 0.255. The molecule has 21 heavy (non-hydrogen) atoms. The van der Waals surface area contributed by atoms with Crippen LogP contribution in [0.3, 0.4) is 0 Å². The van der Waals surface area contributed by atoms with E-state index in [1.807, 2.05) is 0 Å². The number of rotatable bonds is 3. The van der Waals surface area contributed by atoms with Crippen LogP contribution in [0.1, 0.15) is 48.5 Å². The van der Waals surface area contributed by atoms with Crippen LogP contribution in [0.4, 0.5) is 0 Å². The van der Waals surface area contributed by atoms with E-state index in [0.29, 0.717) is 29.0 Å². The van der Waals surface area contributed by atoms with Crippen molar-refractivity contribution in [1.29, 1.82) is 0 Å². The summed E-state index contributed by atoms with van der Waals surface area (Å²) in [7, 11) is 0. The van der Waals surface area contributed by atoms with Crippen molar-refractivity contribution in [1.82, 2.24) is 5.32 Å². The lowest BCUT2D eigenvalue weighted by atomic mass is 9.71. The zero-order valence-corrected chi connectivity index (χ0v) is 13.0. The van der Waals surface area contributed by atoms with Crippen LogP contribution in [0, 0.1) is 12.3 Å². The van der Waals surface area contributed by atoms with Crippen molar-refractivity contribution in [3.63, 3.8) is 0 Å². The minimum atomic E-state index is -0.902. The highest BCUT2D eigenvalue weighted by Crippen LogP contribution is 2.36. The number of carboxylic acids is 1. The van der Waals surface area contributed by atoms with Gasteiger partial charge in [-0.2, -0.15) is 0 Å². The van der Waals surface area contributed by atoms with E-state index in [-0.39, 0.29) is 11.9 Å². The summed E-state index contributed by atoms with van der Waals surface area (Å²) in [6.07, 6.45) is 3.09. The molecule has 1 aromatic rings. The number of carboxylic acid groups (broad SMARTS) is 1. The van der Waals surface area contributed by atoms with Crippen LogP contribution in [-0.2, 0) is 4.79 Å². The number of halogens is 1. The van der Waals surface area contributed by atoms with E-state index in [1.54, 1.807) is 32.0 Å². The van der Waals surface area contributed by atoms with Gasteiger partial charge in [-0.1, -0.05) is 30.5 Å². The molecule has 0 radical (unpaired) electrons. The predicted molar refractivity (Wildman–Crippen MR) is 81.7 cm³/mol. The fourth-order valence-corrected chi connectivity index (χ4v) is 3.08. The van der Waals surface area contributed by atoms with E-state index in [1.165, 1.54) is 0 Å². The molecule has 1 aliphatic carbocycles. The highest BCUT2D eigenvalue weighted by molar-refractivity contribution is 6.31. The molecule has 0 aliphatic heterocycles. The molecule has 2 atom stereocenters. The SMILES string of the molecule is Cc1c(Cl)cccc1C(=O)NC1CCCCC1(C)C(=O)O. The first-order valence-corrected chi connectivity index (χ1v) is 7.53. The Labute approximate surface area is 129 Å². The molecule has 4 nitrogen and oxygen atoms in total. The topological polar surface area (TPSA) is 66.4 Å². The van der Waals surface area contributed by atoms with Gasteiger partial charge in [0.25, 0.3) is 5.91 Å². The number of amides is 1. The molecule has 1 aliphatic rings. The van der Waals surface area contributed by atoms with Gasteiger partial charge in [-0.25, -0.2) is 0 Å². The van der Waals surface area contributed by atoms with E-state index in [4.69, 9.17) is 11.6 Å². The zero-order valence-electron chi connectivity index (χ0n) is 12.3. The van der Waals surface area contributed by atoms with E-state index < -0.39 is 11.4 Å². The third kappa shape index (κ3) is 3.05.